The third-order valence-electron chi connectivity index (χ3n) is 4.98. The number of benzene rings is 2. The average Bonchev–Trinajstić information content (AvgIpc) is 2.58. The average molecular weight is 294 g/mol. The van der Waals surface area contributed by atoms with Gasteiger partial charge in [-0.15, -0.1) is 0 Å². The molecule has 1 unspecified atom stereocenters. The van der Waals surface area contributed by atoms with E-state index >= 15 is 0 Å². The number of ether oxygens (including phenoxy) is 1. The quantitative estimate of drug-likeness (QED) is 0.882. The number of piperidine rings is 3. The molecule has 5 rings (SSSR count). The zero-order valence-corrected chi connectivity index (χ0v) is 12.7. The Labute approximate surface area is 131 Å². The van der Waals surface area contributed by atoms with Gasteiger partial charge in [-0.1, -0.05) is 24.3 Å². The van der Waals surface area contributed by atoms with Crippen molar-refractivity contribution in [1.29, 1.82) is 0 Å². The topological polar surface area (TPSA) is 38.5 Å². The van der Waals surface area contributed by atoms with Gasteiger partial charge in [-0.05, 0) is 67.2 Å². The van der Waals surface area contributed by atoms with E-state index in [1.54, 1.807) is 0 Å². The van der Waals surface area contributed by atoms with Crippen LogP contribution in [0.5, 0.6) is 5.75 Å². The van der Waals surface area contributed by atoms with E-state index in [-0.39, 0.29) is 0 Å². The van der Waals surface area contributed by atoms with Gasteiger partial charge in [0.05, 0.1) is 0 Å². The second-order valence-corrected chi connectivity index (χ2v) is 6.44. The van der Waals surface area contributed by atoms with Crippen molar-refractivity contribution in [2.75, 3.05) is 25.4 Å². The van der Waals surface area contributed by atoms with Gasteiger partial charge in [-0.3, -0.25) is 4.90 Å². The van der Waals surface area contributed by atoms with Crippen LogP contribution in [0.15, 0.2) is 48.5 Å². The minimum atomic E-state index is 0.366. The van der Waals surface area contributed by atoms with Gasteiger partial charge in [0.1, 0.15) is 11.9 Å². The molecule has 0 aliphatic carbocycles. The van der Waals surface area contributed by atoms with Crippen molar-refractivity contribution in [1.82, 2.24) is 4.90 Å². The molecular formula is C19H22N2O. The Kier molecular flexibility index (Phi) is 3.51. The normalized spacial score (nSPS) is 26.8. The van der Waals surface area contributed by atoms with Crippen molar-refractivity contribution in [3.8, 4) is 16.9 Å². The Morgan fingerprint density at radius 2 is 1.45 bits per heavy atom. The van der Waals surface area contributed by atoms with Crippen molar-refractivity contribution in [2.45, 2.75) is 18.9 Å². The highest BCUT2D eigenvalue weighted by atomic mass is 16.5. The van der Waals surface area contributed by atoms with Gasteiger partial charge in [0.2, 0.25) is 0 Å². The lowest BCUT2D eigenvalue weighted by atomic mass is 9.86. The third-order valence-corrected chi connectivity index (χ3v) is 4.98. The maximum absolute atomic E-state index is 6.24. The van der Waals surface area contributed by atoms with E-state index < -0.39 is 0 Å². The lowest BCUT2D eigenvalue weighted by Gasteiger charge is -2.44. The lowest BCUT2D eigenvalue weighted by Crippen LogP contribution is -2.52. The first kappa shape index (κ1) is 13.6. The molecule has 1 atom stereocenters. The number of fused-ring (bicyclic) bond motifs is 3. The summed E-state index contributed by atoms with van der Waals surface area (Å²) >= 11 is 0. The van der Waals surface area contributed by atoms with E-state index in [4.69, 9.17) is 10.5 Å². The molecule has 2 aromatic rings. The molecule has 3 aliphatic rings. The third kappa shape index (κ3) is 2.69. The summed E-state index contributed by atoms with van der Waals surface area (Å²) in [4.78, 5) is 2.52. The van der Waals surface area contributed by atoms with Gasteiger partial charge in [-0.25, -0.2) is 0 Å². The molecule has 3 fully saturated rings. The zero-order valence-electron chi connectivity index (χ0n) is 12.7. The molecule has 2 N–H and O–H groups in total. The zero-order chi connectivity index (χ0) is 14.9. The summed E-state index contributed by atoms with van der Waals surface area (Å²) in [6, 6.07) is 16.4. The molecule has 2 bridgehead atoms. The molecule has 3 nitrogen and oxygen atoms in total. The number of nitrogen functional groups attached to an aromatic ring is 1. The van der Waals surface area contributed by atoms with Crippen LogP contribution in [0.4, 0.5) is 5.69 Å². The largest absolute Gasteiger partial charge is 0.489 e. The van der Waals surface area contributed by atoms with Gasteiger partial charge in [0.25, 0.3) is 0 Å². The number of hydrogen-bond acceptors (Lipinski definition) is 3. The molecule has 114 valence electrons. The number of rotatable bonds is 3. The Morgan fingerprint density at radius 3 is 2.00 bits per heavy atom. The summed E-state index contributed by atoms with van der Waals surface area (Å²) in [5, 5.41) is 0. The van der Waals surface area contributed by atoms with E-state index in [0.717, 1.165) is 23.9 Å². The van der Waals surface area contributed by atoms with Crippen LogP contribution in [0.3, 0.4) is 0 Å². The van der Waals surface area contributed by atoms with Gasteiger partial charge >= 0.3 is 0 Å². The number of hydrogen-bond donors (Lipinski definition) is 1. The predicted molar refractivity (Wildman–Crippen MR) is 89.9 cm³/mol. The fraction of sp³-hybridized carbons (Fsp3) is 0.368. The van der Waals surface area contributed by atoms with Crippen LogP contribution >= 0.6 is 0 Å². The van der Waals surface area contributed by atoms with Crippen LogP contribution < -0.4 is 10.5 Å². The fourth-order valence-electron chi connectivity index (χ4n) is 3.62. The standard InChI is InChI=1S/C19H22N2O/c20-17-5-1-14(2-6-17)15-3-7-18(8-4-15)22-19-13-21-11-9-16(19)10-12-21/h1-8,16,19H,9-13,20H2. The fourth-order valence-corrected chi connectivity index (χ4v) is 3.62. The van der Waals surface area contributed by atoms with Crippen LogP contribution in [0, 0.1) is 5.92 Å². The van der Waals surface area contributed by atoms with E-state index in [1.807, 2.05) is 12.1 Å². The number of anilines is 1. The van der Waals surface area contributed by atoms with Gasteiger partial charge in [0, 0.05) is 12.2 Å². The molecule has 3 heterocycles. The summed E-state index contributed by atoms with van der Waals surface area (Å²) in [5.41, 5.74) is 8.92. The minimum absolute atomic E-state index is 0.366. The Balaban J connectivity index is 1.46. The smallest absolute Gasteiger partial charge is 0.119 e. The van der Waals surface area contributed by atoms with E-state index in [2.05, 4.69) is 41.3 Å². The maximum Gasteiger partial charge on any atom is 0.119 e. The maximum atomic E-state index is 6.24. The van der Waals surface area contributed by atoms with Crippen molar-refractivity contribution >= 4 is 5.69 Å². The highest BCUT2D eigenvalue weighted by Gasteiger charge is 2.35. The summed E-state index contributed by atoms with van der Waals surface area (Å²) in [6.07, 6.45) is 2.94. The first-order valence-corrected chi connectivity index (χ1v) is 8.13. The molecule has 22 heavy (non-hydrogen) atoms. The monoisotopic (exact) mass is 294 g/mol. The van der Waals surface area contributed by atoms with Crippen molar-refractivity contribution in [2.24, 2.45) is 5.92 Å². The Bertz CT molecular complexity index is 627. The second-order valence-electron chi connectivity index (χ2n) is 6.44. The molecule has 3 aliphatic heterocycles. The van der Waals surface area contributed by atoms with Crippen molar-refractivity contribution in [3.63, 3.8) is 0 Å². The molecule has 0 radical (unpaired) electrons. The van der Waals surface area contributed by atoms with Crippen LogP contribution in [-0.4, -0.2) is 30.6 Å². The summed E-state index contributed by atoms with van der Waals surface area (Å²) in [5.74, 6) is 1.72. The molecule has 2 aromatic carbocycles. The van der Waals surface area contributed by atoms with Crippen LogP contribution in [0.2, 0.25) is 0 Å². The molecule has 0 aromatic heterocycles. The predicted octanol–water partition coefficient (Wildman–Crippen LogP) is 3.41. The SMILES string of the molecule is Nc1ccc(-c2ccc(OC3CN4CCC3CC4)cc2)cc1. The molecule has 0 saturated carbocycles. The van der Waals surface area contributed by atoms with Crippen molar-refractivity contribution in [3.05, 3.63) is 48.5 Å². The van der Waals surface area contributed by atoms with Crippen molar-refractivity contribution < 1.29 is 4.74 Å². The van der Waals surface area contributed by atoms with Crippen LogP contribution in [0.25, 0.3) is 11.1 Å². The van der Waals surface area contributed by atoms with Gasteiger partial charge in [0.15, 0.2) is 0 Å². The second kappa shape index (κ2) is 5.65. The van der Waals surface area contributed by atoms with Crippen LogP contribution in [0.1, 0.15) is 12.8 Å². The first-order chi connectivity index (χ1) is 10.8. The molecule has 3 saturated heterocycles. The minimum Gasteiger partial charge on any atom is -0.489 e. The van der Waals surface area contributed by atoms with Crippen LogP contribution in [-0.2, 0) is 0 Å². The highest BCUT2D eigenvalue weighted by Crippen LogP contribution is 2.31. The summed E-state index contributed by atoms with van der Waals surface area (Å²) in [6.45, 7) is 3.59. The molecule has 3 heteroatoms. The summed E-state index contributed by atoms with van der Waals surface area (Å²) in [7, 11) is 0. The molecule has 0 amide bonds. The summed E-state index contributed by atoms with van der Waals surface area (Å²) < 4.78 is 6.24. The first-order valence-electron chi connectivity index (χ1n) is 8.13. The molecule has 0 spiro atoms. The van der Waals surface area contributed by atoms with E-state index in [1.165, 1.54) is 37.1 Å². The Hall–Kier alpha value is -2.00. The Morgan fingerprint density at radius 1 is 0.864 bits per heavy atom. The number of nitrogens with zero attached hydrogens (tertiary/aromatic N) is 1. The lowest BCUT2D eigenvalue weighted by molar-refractivity contribution is -0.00775. The van der Waals surface area contributed by atoms with E-state index in [9.17, 15) is 0 Å². The van der Waals surface area contributed by atoms with Gasteiger partial charge < -0.3 is 10.5 Å². The van der Waals surface area contributed by atoms with Gasteiger partial charge in [-0.2, -0.15) is 0 Å². The number of nitrogens with two attached hydrogens (primary N) is 1. The van der Waals surface area contributed by atoms with E-state index in [0.29, 0.717) is 6.10 Å². The highest BCUT2D eigenvalue weighted by molar-refractivity contribution is 5.66. The molecular weight excluding hydrogens is 272 g/mol.